The van der Waals surface area contributed by atoms with Gasteiger partial charge in [-0.2, -0.15) is 8.78 Å². The minimum absolute atomic E-state index is 0.0461. The number of anilines is 1. The molecule has 0 spiro atoms. The van der Waals surface area contributed by atoms with Gasteiger partial charge in [-0.05, 0) is 18.2 Å². The van der Waals surface area contributed by atoms with Gasteiger partial charge in [-0.3, -0.25) is 4.79 Å². The average Bonchev–Trinajstić information content (AvgIpc) is 2.74. The molecule has 3 nitrogen and oxygen atoms in total. The molecule has 22 heavy (non-hydrogen) atoms. The first kappa shape index (κ1) is 14.3. The van der Waals surface area contributed by atoms with Crippen LogP contribution in [0.5, 0.6) is 5.75 Å². The summed E-state index contributed by atoms with van der Waals surface area (Å²) >= 11 is 0. The van der Waals surface area contributed by atoms with Crippen LogP contribution < -0.4 is 9.64 Å². The second-order valence-corrected chi connectivity index (χ2v) is 4.86. The Kier molecular flexibility index (Phi) is 3.63. The predicted octanol–water partition coefficient (Wildman–Crippen LogP) is 3.81. The first-order chi connectivity index (χ1) is 10.6. The lowest BCUT2D eigenvalue weighted by atomic mass is 10.0. The zero-order valence-electron chi connectivity index (χ0n) is 11.8. The summed E-state index contributed by atoms with van der Waals surface area (Å²) in [6, 6.07) is 13.8. The van der Waals surface area contributed by atoms with Crippen LogP contribution in [0.3, 0.4) is 0 Å². The molecule has 2 aromatic rings. The number of para-hydroxylation sites is 2. The summed E-state index contributed by atoms with van der Waals surface area (Å²) < 4.78 is 29.5. The average molecular weight is 301 g/mol. The zero-order valence-corrected chi connectivity index (χ0v) is 11.8. The second kappa shape index (κ2) is 5.60. The summed E-state index contributed by atoms with van der Waals surface area (Å²) in [5.41, 5.74) is 2.48. The maximum absolute atomic E-state index is 12.5. The number of carbonyl (C=O) groups excluding carboxylic acids is 1. The van der Waals surface area contributed by atoms with E-state index in [1.165, 1.54) is 11.0 Å². The van der Waals surface area contributed by atoms with E-state index in [2.05, 4.69) is 4.74 Å². The third-order valence-corrected chi connectivity index (χ3v) is 3.53. The molecule has 1 aliphatic rings. The van der Waals surface area contributed by atoms with Crippen LogP contribution in [-0.2, 0) is 4.79 Å². The van der Waals surface area contributed by atoms with Crippen molar-refractivity contribution in [2.24, 2.45) is 0 Å². The lowest BCUT2D eigenvalue weighted by Gasteiger charge is -2.09. The van der Waals surface area contributed by atoms with E-state index in [-0.39, 0.29) is 11.7 Å². The number of ether oxygens (including phenoxy) is 1. The molecule has 1 aliphatic heterocycles. The fourth-order valence-electron chi connectivity index (χ4n) is 2.50. The Morgan fingerprint density at radius 1 is 1.09 bits per heavy atom. The molecule has 0 aliphatic carbocycles. The Balaban J connectivity index is 2.08. The molecule has 1 heterocycles. The van der Waals surface area contributed by atoms with Gasteiger partial charge in [0.25, 0.3) is 5.91 Å². The predicted molar refractivity (Wildman–Crippen MR) is 80.8 cm³/mol. The Labute approximate surface area is 126 Å². The van der Waals surface area contributed by atoms with Gasteiger partial charge in [0.2, 0.25) is 0 Å². The molecule has 0 aromatic heterocycles. The molecule has 0 saturated carbocycles. The van der Waals surface area contributed by atoms with Gasteiger partial charge in [-0.1, -0.05) is 36.4 Å². The van der Waals surface area contributed by atoms with E-state index in [1.54, 1.807) is 31.3 Å². The number of carbonyl (C=O) groups is 1. The first-order valence-electron chi connectivity index (χ1n) is 6.71. The summed E-state index contributed by atoms with van der Waals surface area (Å²) in [4.78, 5) is 13.9. The van der Waals surface area contributed by atoms with Crippen LogP contribution in [0.2, 0.25) is 0 Å². The van der Waals surface area contributed by atoms with Gasteiger partial charge in [0.15, 0.2) is 0 Å². The molecule has 0 atom stereocenters. The topological polar surface area (TPSA) is 29.5 Å². The molecule has 0 N–H and O–H groups in total. The van der Waals surface area contributed by atoms with Crippen molar-refractivity contribution in [3.8, 4) is 5.75 Å². The highest BCUT2D eigenvalue weighted by Crippen LogP contribution is 2.37. The zero-order chi connectivity index (χ0) is 15.7. The highest BCUT2D eigenvalue weighted by Gasteiger charge is 2.29. The summed E-state index contributed by atoms with van der Waals surface area (Å²) in [6.45, 7) is -2.91. The van der Waals surface area contributed by atoms with Gasteiger partial charge >= 0.3 is 6.61 Å². The molecule has 0 radical (unpaired) electrons. The van der Waals surface area contributed by atoms with Crippen LogP contribution in [0, 0.1) is 0 Å². The SMILES string of the molecule is CN1C(=O)/C(=C\c2ccccc2OC(F)F)c2ccccc21. The Bertz CT molecular complexity index is 756. The smallest absolute Gasteiger partial charge is 0.387 e. The molecule has 5 heteroatoms. The standard InChI is InChI=1S/C17H13F2NO2/c1-20-14-8-4-3-7-12(14)13(16(20)21)10-11-6-2-5-9-15(11)22-17(18)19/h2-10,17H,1H3/b13-10-. The van der Waals surface area contributed by atoms with E-state index in [1.807, 2.05) is 24.3 Å². The van der Waals surface area contributed by atoms with Gasteiger partial charge < -0.3 is 9.64 Å². The minimum atomic E-state index is -2.91. The highest BCUT2D eigenvalue weighted by atomic mass is 19.3. The van der Waals surface area contributed by atoms with Crippen LogP contribution in [0.25, 0.3) is 11.6 Å². The molecule has 0 unspecified atom stereocenters. The van der Waals surface area contributed by atoms with Gasteiger partial charge in [0, 0.05) is 23.7 Å². The van der Waals surface area contributed by atoms with Gasteiger partial charge in [0.05, 0.1) is 5.69 Å². The van der Waals surface area contributed by atoms with Crippen molar-refractivity contribution >= 4 is 23.2 Å². The van der Waals surface area contributed by atoms with Crippen LogP contribution in [0.1, 0.15) is 11.1 Å². The number of fused-ring (bicyclic) bond motifs is 1. The van der Waals surface area contributed by atoms with E-state index in [0.29, 0.717) is 11.1 Å². The maximum Gasteiger partial charge on any atom is 0.387 e. The van der Waals surface area contributed by atoms with Crippen molar-refractivity contribution in [3.63, 3.8) is 0 Å². The van der Waals surface area contributed by atoms with Gasteiger partial charge in [-0.25, -0.2) is 0 Å². The van der Waals surface area contributed by atoms with Crippen molar-refractivity contribution < 1.29 is 18.3 Å². The molecular weight excluding hydrogens is 288 g/mol. The first-order valence-corrected chi connectivity index (χ1v) is 6.71. The quantitative estimate of drug-likeness (QED) is 0.807. The Hall–Kier alpha value is -2.69. The van der Waals surface area contributed by atoms with Crippen molar-refractivity contribution in [1.82, 2.24) is 0 Å². The number of benzene rings is 2. The van der Waals surface area contributed by atoms with E-state index in [4.69, 9.17) is 0 Å². The van der Waals surface area contributed by atoms with E-state index in [9.17, 15) is 13.6 Å². The van der Waals surface area contributed by atoms with Crippen LogP contribution in [0.15, 0.2) is 48.5 Å². The lowest BCUT2D eigenvalue weighted by Crippen LogP contribution is -2.20. The number of hydrogen-bond donors (Lipinski definition) is 0. The number of hydrogen-bond acceptors (Lipinski definition) is 2. The van der Waals surface area contributed by atoms with Crippen molar-refractivity contribution in [3.05, 3.63) is 59.7 Å². The molecular formula is C17H13F2NO2. The number of likely N-dealkylation sites (N-methyl/N-ethyl adjacent to an activating group) is 1. The van der Waals surface area contributed by atoms with Crippen LogP contribution >= 0.6 is 0 Å². The monoisotopic (exact) mass is 301 g/mol. The summed E-state index contributed by atoms with van der Waals surface area (Å²) in [5, 5.41) is 0. The van der Waals surface area contributed by atoms with Crippen molar-refractivity contribution in [1.29, 1.82) is 0 Å². The minimum Gasteiger partial charge on any atom is -0.434 e. The summed E-state index contributed by atoms with van der Waals surface area (Å²) in [5.74, 6) is -0.127. The van der Waals surface area contributed by atoms with E-state index < -0.39 is 6.61 Å². The van der Waals surface area contributed by atoms with Crippen molar-refractivity contribution in [2.45, 2.75) is 6.61 Å². The number of rotatable bonds is 3. The fraction of sp³-hybridized carbons (Fsp3) is 0.118. The number of amides is 1. The summed E-state index contributed by atoms with van der Waals surface area (Å²) in [7, 11) is 1.68. The molecule has 3 rings (SSSR count). The highest BCUT2D eigenvalue weighted by molar-refractivity contribution is 6.35. The van der Waals surface area contributed by atoms with Gasteiger partial charge in [-0.15, -0.1) is 0 Å². The molecule has 0 bridgehead atoms. The Morgan fingerprint density at radius 3 is 2.55 bits per heavy atom. The normalized spacial score (nSPS) is 15.5. The number of halogens is 2. The number of nitrogens with zero attached hydrogens (tertiary/aromatic N) is 1. The maximum atomic E-state index is 12.5. The summed E-state index contributed by atoms with van der Waals surface area (Å²) in [6.07, 6.45) is 1.59. The van der Waals surface area contributed by atoms with E-state index >= 15 is 0 Å². The second-order valence-electron chi connectivity index (χ2n) is 4.86. The lowest BCUT2D eigenvalue weighted by molar-refractivity contribution is -0.112. The fourth-order valence-corrected chi connectivity index (χ4v) is 2.50. The third-order valence-electron chi connectivity index (χ3n) is 3.53. The molecule has 2 aromatic carbocycles. The number of alkyl halides is 2. The Morgan fingerprint density at radius 2 is 1.77 bits per heavy atom. The molecule has 0 saturated heterocycles. The van der Waals surface area contributed by atoms with Crippen LogP contribution in [0.4, 0.5) is 14.5 Å². The van der Waals surface area contributed by atoms with Crippen LogP contribution in [-0.4, -0.2) is 19.6 Å². The molecule has 112 valence electrons. The van der Waals surface area contributed by atoms with Crippen molar-refractivity contribution in [2.75, 3.05) is 11.9 Å². The van der Waals surface area contributed by atoms with E-state index in [0.717, 1.165) is 11.3 Å². The van der Waals surface area contributed by atoms with Gasteiger partial charge in [0.1, 0.15) is 5.75 Å². The third kappa shape index (κ3) is 2.45. The molecule has 0 fully saturated rings. The molecule has 1 amide bonds. The largest absolute Gasteiger partial charge is 0.434 e.